The molecule has 0 bridgehead atoms. The van der Waals surface area contributed by atoms with Gasteiger partial charge in [0.05, 0.1) is 16.9 Å². The van der Waals surface area contributed by atoms with Gasteiger partial charge in [0.1, 0.15) is 4.88 Å². The molecule has 1 amide bonds. The quantitative estimate of drug-likeness (QED) is 0.886. The maximum absolute atomic E-state index is 11.7. The third kappa shape index (κ3) is 2.89. The molecule has 5 nitrogen and oxygen atoms in total. The third-order valence-electron chi connectivity index (χ3n) is 1.95. The van der Waals surface area contributed by atoms with E-state index in [9.17, 15) is 9.59 Å². The number of carbonyl (C=O) groups is 2. The highest BCUT2D eigenvalue weighted by atomic mass is 32.1. The molecular weight excluding hydrogens is 260 g/mol. The van der Waals surface area contributed by atoms with Gasteiger partial charge in [-0.25, -0.2) is 4.79 Å². The van der Waals surface area contributed by atoms with Gasteiger partial charge in [-0.1, -0.05) is 0 Å². The van der Waals surface area contributed by atoms with Crippen LogP contribution in [0.2, 0.25) is 0 Å². The Labute approximate surface area is 105 Å². The summed E-state index contributed by atoms with van der Waals surface area (Å²) in [4.78, 5) is 27.7. The van der Waals surface area contributed by atoms with E-state index < -0.39 is 5.97 Å². The fraction of sp³-hybridized carbons (Fsp3) is 0.100. The molecular formula is C10H8N2O3S2. The summed E-state index contributed by atoms with van der Waals surface area (Å²) >= 11 is 2.42. The molecule has 0 atom stereocenters. The van der Waals surface area contributed by atoms with Crippen molar-refractivity contribution in [2.75, 3.05) is 0 Å². The minimum absolute atomic E-state index is 0.160. The lowest BCUT2D eigenvalue weighted by molar-refractivity contribution is 0.0702. The number of thiophene rings is 1. The van der Waals surface area contributed by atoms with Crippen molar-refractivity contribution in [3.05, 3.63) is 38.5 Å². The molecule has 7 heteroatoms. The second kappa shape index (κ2) is 5.07. The molecule has 0 aliphatic rings. The summed E-state index contributed by atoms with van der Waals surface area (Å²) in [7, 11) is 0. The number of carboxylic acids is 1. The summed E-state index contributed by atoms with van der Waals surface area (Å²) in [6.45, 7) is 0.407. The predicted octanol–water partition coefficient (Wildman–Crippen LogP) is 1.83. The van der Waals surface area contributed by atoms with Crippen molar-refractivity contribution in [3.8, 4) is 0 Å². The van der Waals surface area contributed by atoms with Gasteiger partial charge < -0.3 is 10.4 Å². The number of hydrogen-bond donors (Lipinski definition) is 2. The lowest BCUT2D eigenvalue weighted by Gasteiger charge is -1.99. The average molecular weight is 268 g/mol. The highest BCUT2D eigenvalue weighted by Crippen LogP contribution is 2.16. The maximum atomic E-state index is 11.7. The summed E-state index contributed by atoms with van der Waals surface area (Å²) in [6.07, 6.45) is 1.68. The first kappa shape index (κ1) is 11.7. The van der Waals surface area contributed by atoms with Crippen molar-refractivity contribution in [1.29, 1.82) is 0 Å². The SMILES string of the molecule is O=C(O)c1ccc(C(=O)NCc2cncs2)s1. The monoisotopic (exact) mass is 268 g/mol. The van der Waals surface area contributed by atoms with E-state index >= 15 is 0 Å². The third-order valence-corrected chi connectivity index (χ3v) is 3.80. The molecule has 0 spiro atoms. The van der Waals surface area contributed by atoms with Crippen molar-refractivity contribution < 1.29 is 14.7 Å². The fourth-order valence-corrected chi connectivity index (χ4v) is 2.45. The van der Waals surface area contributed by atoms with Crippen LogP contribution in [0.3, 0.4) is 0 Å². The van der Waals surface area contributed by atoms with Gasteiger partial charge >= 0.3 is 5.97 Å². The normalized spacial score (nSPS) is 10.1. The van der Waals surface area contributed by atoms with Crippen LogP contribution in [0.25, 0.3) is 0 Å². The Balaban J connectivity index is 1.97. The molecule has 2 N–H and O–H groups in total. The summed E-state index contributed by atoms with van der Waals surface area (Å²) in [6, 6.07) is 2.94. The number of amides is 1. The highest BCUT2D eigenvalue weighted by Gasteiger charge is 2.12. The number of nitrogens with one attached hydrogen (secondary N) is 1. The molecule has 2 rings (SSSR count). The van der Waals surface area contributed by atoms with Crippen LogP contribution in [0.15, 0.2) is 23.8 Å². The van der Waals surface area contributed by atoms with E-state index in [-0.39, 0.29) is 10.8 Å². The van der Waals surface area contributed by atoms with Crippen LogP contribution in [0, 0.1) is 0 Å². The number of thiazole rings is 1. The van der Waals surface area contributed by atoms with Gasteiger partial charge in [-0.15, -0.1) is 22.7 Å². The van der Waals surface area contributed by atoms with E-state index in [1.54, 1.807) is 11.7 Å². The Bertz CT molecular complexity index is 534. The molecule has 2 aromatic rings. The number of nitrogens with zero attached hydrogens (tertiary/aromatic N) is 1. The van der Waals surface area contributed by atoms with Crippen molar-refractivity contribution in [3.63, 3.8) is 0 Å². The lowest BCUT2D eigenvalue weighted by Crippen LogP contribution is -2.21. The standard InChI is InChI=1S/C10H8N2O3S2/c13-9(12-4-6-3-11-5-16-6)7-1-2-8(17-7)10(14)15/h1-3,5H,4H2,(H,12,13)(H,14,15). The Morgan fingerprint density at radius 3 is 2.71 bits per heavy atom. The number of rotatable bonds is 4. The first-order chi connectivity index (χ1) is 8.16. The summed E-state index contributed by atoms with van der Waals surface area (Å²) in [5, 5.41) is 11.4. The minimum atomic E-state index is -1.02. The highest BCUT2D eigenvalue weighted by molar-refractivity contribution is 7.15. The topological polar surface area (TPSA) is 79.3 Å². The zero-order valence-electron chi connectivity index (χ0n) is 8.54. The Kier molecular flexibility index (Phi) is 3.50. The molecule has 17 heavy (non-hydrogen) atoms. The smallest absolute Gasteiger partial charge is 0.345 e. The van der Waals surface area contributed by atoms with Crippen molar-refractivity contribution in [2.45, 2.75) is 6.54 Å². The van der Waals surface area contributed by atoms with E-state index in [2.05, 4.69) is 10.3 Å². The lowest BCUT2D eigenvalue weighted by atomic mass is 10.4. The molecule has 0 fully saturated rings. The number of carbonyl (C=O) groups excluding carboxylic acids is 1. The van der Waals surface area contributed by atoms with E-state index in [0.29, 0.717) is 11.4 Å². The van der Waals surface area contributed by atoms with Crippen LogP contribution in [0.4, 0.5) is 0 Å². The molecule has 0 aliphatic carbocycles. The van der Waals surface area contributed by atoms with Crippen molar-refractivity contribution in [2.24, 2.45) is 0 Å². The first-order valence-electron chi connectivity index (χ1n) is 4.65. The summed E-state index contributed by atoms with van der Waals surface area (Å²) < 4.78 is 0. The molecule has 2 heterocycles. The fourth-order valence-electron chi connectivity index (χ4n) is 1.16. The predicted molar refractivity (Wildman–Crippen MR) is 64.6 cm³/mol. The maximum Gasteiger partial charge on any atom is 0.345 e. The number of aromatic carboxylic acids is 1. The van der Waals surface area contributed by atoms with Gasteiger partial charge in [-0.3, -0.25) is 9.78 Å². The Morgan fingerprint density at radius 1 is 1.35 bits per heavy atom. The summed E-state index contributed by atoms with van der Waals surface area (Å²) in [5.41, 5.74) is 1.69. The zero-order valence-corrected chi connectivity index (χ0v) is 10.2. The van der Waals surface area contributed by atoms with Gasteiger partial charge in [-0.2, -0.15) is 0 Å². The van der Waals surface area contributed by atoms with E-state index in [1.807, 2.05) is 0 Å². The van der Waals surface area contributed by atoms with E-state index in [4.69, 9.17) is 5.11 Å². The van der Waals surface area contributed by atoms with Gasteiger partial charge in [0.2, 0.25) is 0 Å². The Morgan fingerprint density at radius 2 is 2.12 bits per heavy atom. The van der Waals surface area contributed by atoms with Gasteiger partial charge in [0.25, 0.3) is 5.91 Å². The van der Waals surface area contributed by atoms with Crippen LogP contribution in [-0.4, -0.2) is 22.0 Å². The zero-order chi connectivity index (χ0) is 12.3. The van der Waals surface area contributed by atoms with Gasteiger partial charge in [0.15, 0.2) is 0 Å². The van der Waals surface area contributed by atoms with Gasteiger partial charge in [-0.05, 0) is 12.1 Å². The van der Waals surface area contributed by atoms with Crippen LogP contribution >= 0.6 is 22.7 Å². The minimum Gasteiger partial charge on any atom is -0.477 e. The second-order valence-corrected chi connectivity index (χ2v) is 5.17. The molecule has 0 saturated carbocycles. The molecule has 0 radical (unpaired) electrons. The number of carboxylic acid groups (broad SMARTS) is 1. The van der Waals surface area contributed by atoms with Crippen LogP contribution in [0.5, 0.6) is 0 Å². The van der Waals surface area contributed by atoms with Crippen molar-refractivity contribution in [1.82, 2.24) is 10.3 Å². The summed E-state index contributed by atoms with van der Waals surface area (Å²) in [5.74, 6) is -1.28. The molecule has 0 aromatic carbocycles. The molecule has 0 saturated heterocycles. The molecule has 0 unspecified atom stereocenters. The van der Waals surface area contributed by atoms with E-state index in [0.717, 1.165) is 16.2 Å². The first-order valence-corrected chi connectivity index (χ1v) is 6.35. The van der Waals surface area contributed by atoms with Crippen LogP contribution < -0.4 is 5.32 Å². The van der Waals surface area contributed by atoms with Crippen LogP contribution in [0.1, 0.15) is 24.2 Å². The van der Waals surface area contributed by atoms with Gasteiger partial charge in [0, 0.05) is 11.1 Å². The number of hydrogen-bond acceptors (Lipinski definition) is 5. The molecule has 2 aromatic heterocycles. The molecule has 0 aliphatic heterocycles. The second-order valence-electron chi connectivity index (χ2n) is 3.12. The Hall–Kier alpha value is -1.73. The largest absolute Gasteiger partial charge is 0.477 e. The number of aromatic nitrogens is 1. The van der Waals surface area contributed by atoms with E-state index in [1.165, 1.54) is 23.5 Å². The van der Waals surface area contributed by atoms with Crippen molar-refractivity contribution >= 4 is 34.6 Å². The van der Waals surface area contributed by atoms with Crippen LogP contribution in [-0.2, 0) is 6.54 Å². The molecule has 88 valence electrons. The average Bonchev–Trinajstić information content (AvgIpc) is 2.96.